The number of amides is 1. The molecular weight excluding hydrogens is 348 g/mol. The second-order valence-corrected chi connectivity index (χ2v) is 9.13. The molecule has 0 bridgehead atoms. The number of aromatic nitrogens is 2. The van der Waals surface area contributed by atoms with Crippen LogP contribution in [0.3, 0.4) is 0 Å². The van der Waals surface area contributed by atoms with Gasteiger partial charge in [-0.25, -0.2) is 0 Å². The number of thiophene rings is 1. The Labute approximate surface area is 149 Å². The molecule has 0 saturated heterocycles. The summed E-state index contributed by atoms with van der Waals surface area (Å²) in [7, 11) is 0. The topological polar surface area (TPSA) is 66.9 Å². The van der Waals surface area contributed by atoms with Crippen molar-refractivity contribution >= 4 is 45.5 Å². The number of carbonyl (C=O) groups is 1. The van der Waals surface area contributed by atoms with E-state index in [0.29, 0.717) is 12.5 Å². The molecule has 0 aliphatic heterocycles. The molecule has 0 aliphatic rings. The predicted molar refractivity (Wildman–Crippen MR) is 99.6 cm³/mol. The van der Waals surface area contributed by atoms with E-state index in [1.54, 1.807) is 11.3 Å². The third-order valence-corrected chi connectivity index (χ3v) is 5.97. The van der Waals surface area contributed by atoms with Crippen LogP contribution in [0.2, 0.25) is 0 Å². The molecule has 0 fully saturated rings. The molecule has 2 N–H and O–H groups in total. The molecule has 0 aliphatic carbocycles. The summed E-state index contributed by atoms with van der Waals surface area (Å²) >= 11 is 4.70. The zero-order chi connectivity index (χ0) is 16.7. The van der Waals surface area contributed by atoms with Gasteiger partial charge in [0.2, 0.25) is 11.0 Å². The van der Waals surface area contributed by atoms with Gasteiger partial charge in [0.05, 0.1) is 5.25 Å². The highest BCUT2D eigenvalue weighted by Crippen LogP contribution is 2.28. The van der Waals surface area contributed by atoms with E-state index in [9.17, 15) is 4.79 Å². The monoisotopic (exact) mass is 370 g/mol. The first-order chi connectivity index (χ1) is 11.0. The summed E-state index contributed by atoms with van der Waals surface area (Å²) in [5, 5.41) is 17.2. The Morgan fingerprint density at radius 3 is 2.87 bits per heavy atom. The van der Waals surface area contributed by atoms with E-state index >= 15 is 0 Å². The fraction of sp³-hybridized carbons (Fsp3) is 0.533. The summed E-state index contributed by atoms with van der Waals surface area (Å²) in [5.41, 5.74) is 0. The van der Waals surface area contributed by atoms with Crippen molar-refractivity contribution in [1.29, 1.82) is 0 Å². The van der Waals surface area contributed by atoms with Crippen LogP contribution in [0.5, 0.6) is 0 Å². The molecule has 8 heteroatoms. The highest BCUT2D eigenvalue weighted by atomic mass is 32.2. The van der Waals surface area contributed by atoms with Crippen LogP contribution < -0.4 is 10.6 Å². The smallest absolute Gasteiger partial charge is 0.233 e. The Morgan fingerprint density at radius 2 is 2.17 bits per heavy atom. The van der Waals surface area contributed by atoms with Crippen LogP contribution in [0.15, 0.2) is 21.9 Å². The van der Waals surface area contributed by atoms with Crippen LogP contribution in [-0.2, 0) is 11.2 Å². The van der Waals surface area contributed by atoms with Crippen molar-refractivity contribution in [2.45, 2.75) is 36.8 Å². The second kappa shape index (κ2) is 9.24. The maximum Gasteiger partial charge on any atom is 0.233 e. The van der Waals surface area contributed by atoms with Crippen molar-refractivity contribution in [1.82, 2.24) is 15.5 Å². The van der Waals surface area contributed by atoms with E-state index in [1.165, 1.54) is 28.0 Å². The van der Waals surface area contributed by atoms with Gasteiger partial charge in [0, 0.05) is 18.0 Å². The zero-order valence-electron chi connectivity index (χ0n) is 13.5. The molecule has 126 valence electrons. The average Bonchev–Trinajstić information content (AvgIpc) is 3.17. The first-order valence-corrected chi connectivity index (χ1v) is 10.2. The molecule has 1 atom stereocenters. The Bertz CT molecular complexity index is 598. The van der Waals surface area contributed by atoms with Gasteiger partial charge in [0.25, 0.3) is 0 Å². The first-order valence-electron chi connectivity index (χ1n) is 7.58. The lowest BCUT2D eigenvalue weighted by Crippen LogP contribution is -2.33. The van der Waals surface area contributed by atoms with Crippen molar-refractivity contribution < 1.29 is 4.79 Å². The van der Waals surface area contributed by atoms with E-state index < -0.39 is 0 Å². The number of thioether (sulfide) groups is 1. The predicted octanol–water partition coefficient (Wildman–Crippen LogP) is 3.51. The number of nitrogens with one attached hydrogen (secondary N) is 2. The molecule has 0 radical (unpaired) electrons. The molecule has 5 nitrogen and oxygen atoms in total. The Morgan fingerprint density at radius 1 is 1.35 bits per heavy atom. The van der Waals surface area contributed by atoms with E-state index in [4.69, 9.17) is 0 Å². The Balaban J connectivity index is 1.74. The summed E-state index contributed by atoms with van der Waals surface area (Å²) in [5.74, 6) is 0.503. The lowest BCUT2D eigenvalue weighted by atomic mass is 10.2. The lowest BCUT2D eigenvalue weighted by Gasteiger charge is -2.11. The van der Waals surface area contributed by atoms with Crippen LogP contribution >= 0.6 is 34.4 Å². The molecule has 0 aromatic carbocycles. The fourth-order valence-corrected chi connectivity index (χ4v) is 4.38. The summed E-state index contributed by atoms with van der Waals surface area (Å²) in [6.45, 7) is 7.60. The van der Waals surface area contributed by atoms with E-state index in [-0.39, 0.29) is 11.2 Å². The molecule has 2 heterocycles. The van der Waals surface area contributed by atoms with Gasteiger partial charge in [-0.05, 0) is 30.7 Å². The molecule has 1 amide bonds. The number of anilines is 1. The highest BCUT2D eigenvalue weighted by molar-refractivity contribution is 8.02. The molecule has 2 aromatic rings. The third kappa shape index (κ3) is 6.48. The standard InChI is InChI=1S/C15H22N4OS3/c1-10(2)9-17-13(20)11(3)22-15-19-18-14(23-15)16-7-6-12-5-4-8-21-12/h4-5,8,10-11H,6-7,9H2,1-3H3,(H,16,18)(H,17,20). The molecule has 23 heavy (non-hydrogen) atoms. The first kappa shape index (κ1) is 18.2. The van der Waals surface area contributed by atoms with Gasteiger partial charge in [-0.3, -0.25) is 4.79 Å². The summed E-state index contributed by atoms with van der Waals surface area (Å²) < 4.78 is 0.816. The van der Waals surface area contributed by atoms with Gasteiger partial charge in [-0.15, -0.1) is 21.5 Å². The van der Waals surface area contributed by atoms with Crippen molar-refractivity contribution in [3.05, 3.63) is 22.4 Å². The van der Waals surface area contributed by atoms with Gasteiger partial charge in [0.15, 0.2) is 4.34 Å². The van der Waals surface area contributed by atoms with Crippen molar-refractivity contribution in [3.63, 3.8) is 0 Å². The normalized spacial score (nSPS) is 12.3. The number of hydrogen-bond donors (Lipinski definition) is 2. The summed E-state index contributed by atoms with van der Waals surface area (Å²) in [6.07, 6.45) is 0.980. The van der Waals surface area contributed by atoms with Gasteiger partial charge >= 0.3 is 0 Å². The van der Waals surface area contributed by atoms with Crippen molar-refractivity contribution in [2.24, 2.45) is 5.92 Å². The molecule has 2 aromatic heterocycles. The molecule has 0 saturated carbocycles. The van der Waals surface area contributed by atoms with Gasteiger partial charge in [-0.1, -0.05) is 43.0 Å². The van der Waals surface area contributed by atoms with Gasteiger partial charge < -0.3 is 10.6 Å². The van der Waals surface area contributed by atoms with Crippen LogP contribution in [-0.4, -0.2) is 34.4 Å². The average molecular weight is 371 g/mol. The Hall–Kier alpha value is -1.12. The van der Waals surface area contributed by atoms with E-state index in [0.717, 1.165) is 22.4 Å². The number of nitrogens with zero attached hydrogens (tertiary/aromatic N) is 2. The molecule has 1 unspecified atom stereocenters. The van der Waals surface area contributed by atoms with Gasteiger partial charge in [-0.2, -0.15) is 0 Å². The summed E-state index contributed by atoms with van der Waals surface area (Å²) in [6, 6.07) is 4.19. The quantitative estimate of drug-likeness (QED) is 0.661. The SMILES string of the molecule is CC(C)CNC(=O)C(C)Sc1nnc(NCCc2cccs2)s1. The second-order valence-electron chi connectivity index (χ2n) is 5.53. The van der Waals surface area contributed by atoms with E-state index in [1.807, 2.05) is 6.92 Å². The highest BCUT2D eigenvalue weighted by Gasteiger charge is 2.17. The largest absolute Gasteiger partial charge is 0.360 e. The third-order valence-electron chi connectivity index (χ3n) is 2.97. The number of rotatable bonds is 9. The summed E-state index contributed by atoms with van der Waals surface area (Å²) in [4.78, 5) is 13.3. The van der Waals surface area contributed by atoms with Crippen molar-refractivity contribution in [2.75, 3.05) is 18.4 Å². The number of hydrogen-bond acceptors (Lipinski definition) is 7. The van der Waals surface area contributed by atoms with Crippen LogP contribution in [0, 0.1) is 5.92 Å². The molecular formula is C15H22N4OS3. The maximum absolute atomic E-state index is 12.0. The molecule has 0 spiro atoms. The van der Waals surface area contributed by atoms with Crippen LogP contribution in [0.4, 0.5) is 5.13 Å². The van der Waals surface area contributed by atoms with Crippen LogP contribution in [0.1, 0.15) is 25.6 Å². The lowest BCUT2D eigenvalue weighted by molar-refractivity contribution is -0.120. The van der Waals surface area contributed by atoms with Crippen LogP contribution in [0.25, 0.3) is 0 Å². The maximum atomic E-state index is 12.0. The minimum Gasteiger partial charge on any atom is -0.360 e. The Kier molecular flexibility index (Phi) is 7.32. The van der Waals surface area contributed by atoms with E-state index in [2.05, 4.69) is 52.2 Å². The fourth-order valence-electron chi connectivity index (χ4n) is 1.73. The van der Waals surface area contributed by atoms with Gasteiger partial charge in [0.1, 0.15) is 0 Å². The van der Waals surface area contributed by atoms with Crippen molar-refractivity contribution in [3.8, 4) is 0 Å². The molecule has 2 rings (SSSR count). The zero-order valence-corrected chi connectivity index (χ0v) is 16.0. The minimum absolute atomic E-state index is 0.0473. The number of carbonyl (C=O) groups excluding carboxylic acids is 1. The minimum atomic E-state index is -0.166.